The predicted molar refractivity (Wildman–Crippen MR) is 83.3 cm³/mol. The van der Waals surface area contributed by atoms with E-state index in [9.17, 15) is 4.39 Å². The van der Waals surface area contributed by atoms with Gasteiger partial charge in [-0.1, -0.05) is 34.5 Å². The van der Waals surface area contributed by atoms with E-state index >= 15 is 0 Å². The highest BCUT2D eigenvalue weighted by Crippen LogP contribution is 2.29. The van der Waals surface area contributed by atoms with Crippen LogP contribution in [0.3, 0.4) is 0 Å². The lowest BCUT2D eigenvalue weighted by molar-refractivity contribution is 0.602. The lowest BCUT2D eigenvalue weighted by atomic mass is 9.99. The second kappa shape index (κ2) is 6.52. The number of rotatable bonds is 4. The molecule has 20 heavy (non-hydrogen) atoms. The van der Waals surface area contributed by atoms with Crippen LogP contribution < -0.4 is 11.1 Å². The number of benzene rings is 1. The summed E-state index contributed by atoms with van der Waals surface area (Å²) in [5.41, 5.74) is 7.41. The molecule has 0 saturated carbocycles. The maximum Gasteiger partial charge on any atom is 0.128 e. The normalized spacial score (nSPS) is 12.4. The summed E-state index contributed by atoms with van der Waals surface area (Å²) in [6.45, 7) is 2.67. The fraction of sp³-hybridized carbons (Fsp3) is 0.214. The van der Waals surface area contributed by atoms with E-state index in [-0.39, 0.29) is 11.9 Å². The predicted octanol–water partition coefficient (Wildman–Crippen LogP) is 3.92. The Labute approximate surface area is 130 Å². The molecule has 1 aromatic heterocycles. The molecule has 2 aromatic rings. The number of nitrogens with one attached hydrogen (secondary N) is 1. The van der Waals surface area contributed by atoms with Crippen molar-refractivity contribution in [3.63, 3.8) is 0 Å². The average molecular weight is 359 g/mol. The summed E-state index contributed by atoms with van der Waals surface area (Å²) in [5, 5.41) is 3.76. The van der Waals surface area contributed by atoms with Crippen molar-refractivity contribution < 1.29 is 4.39 Å². The maximum atomic E-state index is 13.6. The van der Waals surface area contributed by atoms with Crippen molar-refractivity contribution in [2.24, 2.45) is 0 Å². The minimum absolute atomic E-state index is 0.266. The van der Waals surface area contributed by atoms with Crippen molar-refractivity contribution in [3.05, 3.63) is 56.9 Å². The molecule has 3 nitrogen and oxygen atoms in total. The number of nitrogen functional groups attached to an aromatic ring is 1. The van der Waals surface area contributed by atoms with E-state index in [0.717, 1.165) is 11.1 Å². The second-order valence-electron chi connectivity index (χ2n) is 4.32. The molecule has 0 saturated heterocycles. The van der Waals surface area contributed by atoms with Gasteiger partial charge in [-0.2, -0.15) is 0 Å². The number of anilines is 1. The van der Waals surface area contributed by atoms with Gasteiger partial charge in [0.25, 0.3) is 0 Å². The van der Waals surface area contributed by atoms with Gasteiger partial charge in [-0.3, -0.25) is 0 Å². The Hall–Kier alpha value is -1.17. The minimum Gasteiger partial charge on any atom is -0.383 e. The summed E-state index contributed by atoms with van der Waals surface area (Å²) in [5.74, 6) is 0.0616. The summed E-state index contributed by atoms with van der Waals surface area (Å²) in [6, 6.07) is 6.20. The van der Waals surface area contributed by atoms with Gasteiger partial charge in [-0.25, -0.2) is 9.37 Å². The van der Waals surface area contributed by atoms with E-state index in [2.05, 4.69) is 26.2 Å². The van der Waals surface area contributed by atoms with E-state index < -0.39 is 0 Å². The molecule has 106 valence electrons. The summed E-state index contributed by atoms with van der Waals surface area (Å²) in [6.07, 6.45) is 1.49. The van der Waals surface area contributed by atoms with Crippen LogP contribution in [0.2, 0.25) is 5.02 Å². The Balaban J connectivity index is 2.52. The van der Waals surface area contributed by atoms with Crippen LogP contribution in [0.15, 0.2) is 34.9 Å². The molecule has 1 heterocycles. The zero-order valence-electron chi connectivity index (χ0n) is 10.8. The fourth-order valence-electron chi connectivity index (χ4n) is 2.05. The van der Waals surface area contributed by atoms with E-state index in [4.69, 9.17) is 17.3 Å². The second-order valence-corrected chi connectivity index (χ2v) is 5.67. The van der Waals surface area contributed by atoms with E-state index in [1.54, 1.807) is 6.07 Å². The Bertz CT molecular complexity index is 601. The first kappa shape index (κ1) is 15.2. The monoisotopic (exact) mass is 357 g/mol. The molecule has 3 N–H and O–H groups in total. The first-order valence-corrected chi connectivity index (χ1v) is 7.28. The maximum absolute atomic E-state index is 13.6. The van der Waals surface area contributed by atoms with Crippen molar-refractivity contribution in [1.82, 2.24) is 10.3 Å². The van der Waals surface area contributed by atoms with Crippen LogP contribution in [-0.4, -0.2) is 11.5 Å². The summed E-state index contributed by atoms with van der Waals surface area (Å²) >= 11 is 9.28. The highest BCUT2D eigenvalue weighted by molar-refractivity contribution is 9.10. The zero-order valence-corrected chi connectivity index (χ0v) is 13.2. The number of nitrogens with two attached hydrogens (primary N) is 1. The van der Waals surface area contributed by atoms with Gasteiger partial charge in [0.2, 0.25) is 0 Å². The van der Waals surface area contributed by atoms with Crippen LogP contribution in [0, 0.1) is 5.82 Å². The topological polar surface area (TPSA) is 50.9 Å². The number of aromatic nitrogens is 1. The van der Waals surface area contributed by atoms with Gasteiger partial charge < -0.3 is 11.1 Å². The highest BCUT2D eigenvalue weighted by Gasteiger charge is 2.18. The van der Waals surface area contributed by atoms with E-state index in [1.165, 1.54) is 18.3 Å². The van der Waals surface area contributed by atoms with Crippen LogP contribution in [0.5, 0.6) is 0 Å². The standard InChI is InChI=1S/C14H14BrClFN3/c1-2-19-13(8-3-9(15)5-11(17)4-8)12-6-10(16)7-20-14(12)18/h3-7,13,19H,2H2,1H3,(H2,18,20). The molecule has 0 aliphatic rings. The Morgan fingerprint density at radius 1 is 1.40 bits per heavy atom. The van der Waals surface area contributed by atoms with Gasteiger partial charge in [0.05, 0.1) is 11.1 Å². The van der Waals surface area contributed by atoms with E-state index in [1.807, 2.05) is 13.0 Å². The first-order chi connectivity index (χ1) is 9.51. The molecule has 0 amide bonds. The van der Waals surface area contributed by atoms with Crippen LogP contribution in [0.4, 0.5) is 10.2 Å². The van der Waals surface area contributed by atoms with Crippen molar-refractivity contribution in [3.8, 4) is 0 Å². The molecule has 1 atom stereocenters. The molecule has 0 fully saturated rings. The Kier molecular flexibility index (Phi) is 4.96. The summed E-state index contributed by atoms with van der Waals surface area (Å²) in [7, 11) is 0. The largest absolute Gasteiger partial charge is 0.383 e. The molecular weight excluding hydrogens is 345 g/mol. The quantitative estimate of drug-likeness (QED) is 0.871. The molecule has 0 aliphatic carbocycles. The van der Waals surface area contributed by atoms with Crippen LogP contribution in [0.1, 0.15) is 24.1 Å². The third-order valence-corrected chi connectivity index (χ3v) is 3.52. The lowest BCUT2D eigenvalue weighted by Gasteiger charge is -2.20. The van der Waals surface area contributed by atoms with Crippen LogP contribution >= 0.6 is 27.5 Å². The highest BCUT2D eigenvalue weighted by atomic mass is 79.9. The lowest BCUT2D eigenvalue weighted by Crippen LogP contribution is -2.23. The van der Waals surface area contributed by atoms with Gasteiger partial charge in [-0.05, 0) is 36.4 Å². The smallest absolute Gasteiger partial charge is 0.128 e. The summed E-state index contributed by atoms with van der Waals surface area (Å²) in [4.78, 5) is 4.05. The number of halogens is 3. The molecule has 0 bridgehead atoms. The molecule has 2 rings (SSSR count). The minimum atomic E-state index is -0.314. The van der Waals surface area contributed by atoms with Gasteiger partial charge in [-0.15, -0.1) is 0 Å². The van der Waals surface area contributed by atoms with Crippen molar-refractivity contribution in [2.45, 2.75) is 13.0 Å². The van der Waals surface area contributed by atoms with E-state index in [0.29, 0.717) is 21.9 Å². The number of pyridine rings is 1. The van der Waals surface area contributed by atoms with Gasteiger partial charge in [0.15, 0.2) is 0 Å². The van der Waals surface area contributed by atoms with Crippen LogP contribution in [-0.2, 0) is 0 Å². The van der Waals surface area contributed by atoms with Crippen molar-refractivity contribution in [1.29, 1.82) is 0 Å². The molecule has 0 radical (unpaired) electrons. The van der Waals surface area contributed by atoms with Crippen molar-refractivity contribution in [2.75, 3.05) is 12.3 Å². The van der Waals surface area contributed by atoms with Crippen molar-refractivity contribution >= 4 is 33.3 Å². The molecule has 0 spiro atoms. The van der Waals surface area contributed by atoms with Gasteiger partial charge in [0, 0.05) is 16.2 Å². The number of hydrogen-bond acceptors (Lipinski definition) is 3. The first-order valence-electron chi connectivity index (χ1n) is 6.11. The zero-order chi connectivity index (χ0) is 14.7. The fourth-order valence-corrected chi connectivity index (χ4v) is 2.70. The Morgan fingerprint density at radius 2 is 2.15 bits per heavy atom. The van der Waals surface area contributed by atoms with Crippen LogP contribution in [0.25, 0.3) is 0 Å². The SMILES string of the molecule is CCNC(c1cc(F)cc(Br)c1)c1cc(Cl)cnc1N. The number of nitrogens with zero attached hydrogens (tertiary/aromatic N) is 1. The third kappa shape index (κ3) is 3.48. The van der Waals surface area contributed by atoms with Gasteiger partial charge in [0.1, 0.15) is 11.6 Å². The molecule has 1 aromatic carbocycles. The summed E-state index contributed by atoms with van der Waals surface area (Å²) < 4.78 is 14.3. The number of hydrogen-bond donors (Lipinski definition) is 2. The van der Waals surface area contributed by atoms with Gasteiger partial charge >= 0.3 is 0 Å². The molecule has 0 aliphatic heterocycles. The third-order valence-electron chi connectivity index (χ3n) is 2.85. The molecule has 6 heteroatoms. The average Bonchev–Trinajstić information content (AvgIpc) is 2.38. The molecular formula is C14H14BrClFN3. The molecule has 1 unspecified atom stereocenters. The Morgan fingerprint density at radius 3 is 2.80 bits per heavy atom.